The van der Waals surface area contributed by atoms with E-state index in [0.29, 0.717) is 11.5 Å². The second-order valence-electron chi connectivity index (χ2n) is 3.88. The molecule has 1 aromatic heterocycles. The second kappa shape index (κ2) is 2.57. The van der Waals surface area contributed by atoms with Gasteiger partial charge in [-0.3, -0.25) is 0 Å². The summed E-state index contributed by atoms with van der Waals surface area (Å²) in [5.74, 6) is 0. The van der Waals surface area contributed by atoms with E-state index in [0.717, 1.165) is 0 Å². The highest BCUT2D eigenvalue weighted by molar-refractivity contribution is 7.10. The molecule has 0 aliphatic heterocycles. The Morgan fingerprint density at radius 3 is 2.58 bits per heavy atom. The zero-order chi connectivity index (χ0) is 8.77. The molecule has 0 radical (unpaired) electrons. The molecular formula is C10H15NS. The van der Waals surface area contributed by atoms with Gasteiger partial charge in [-0.25, -0.2) is 0 Å². The van der Waals surface area contributed by atoms with Crippen molar-refractivity contribution in [3.05, 3.63) is 21.9 Å². The largest absolute Gasteiger partial charge is 0.327 e. The molecule has 1 unspecified atom stereocenters. The summed E-state index contributed by atoms with van der Waals surface area (Å²) in [4.78, 5) is 1.53. The first kappa shape index (κ1) is 8.27. The van der Waals surface area contributed by atoms with Gasteiger partial charge in [0.2, 0.25) is 0 Å². The molecule has 2 N–H and O–H groups in total. The molecule has 0 amide bonds. The lowest BCUT2D eigenvalue weighted by Crippen LogP contribution is -2.31. The summed E-state index contributed by atoms with van der Waals surface area (Å²) in [6.07, 6.45) is 2.57. The number of aryl methyl sites for hydroxylation is 1. The lowest BCUT2D eigenvalue weighted by Gasteiger charge is -2.18. The van der Waals surface area contributed by atoms with Crippen molar-refractivity contribution in [1.29, 1.82) is 0 Å². The number of nitrogens with two attached hydrogens (primary N) is 1. The Hall–Kier alpha value is -0.340. The van der Waals surface area contributed by atoms with Crippen molar-refractivity contribution in [2.45, 2.75) is 38.1 Å². The minimum absolute atomic E-state index is 0.315. The fourth-order valence-electron chi connectivity index (χ4n) is 1.91. The Morgan fingerprint density at radius 1 is 1.58 bits per heavy atom. The first-order valence-electron chi connectivity index (χ1n) is 4.47. The molecule has 0 bridgehead atoms. The third-order valence-corrected chi connectivity index (χ3v) is 4.21. The van der Waals surface area contributed by atoms with Crippen LogP contribution in [0.25, 0.3) is 0 Å². The van der Waals surface area contributed by atoms with Crippen molar-refractivity contribution in [2.24, 2.45) is 5.73 Å². The van der Waals surface area contributed by atoms with Gasteiger partial charge in [-0.2, -0.15) is 0 Å². The average molecular weight is 181 g/mol. The Balaban J connectivity index is 2.36. The lowest BCUT2D eigenvalue weighted by atomic mass is 9.94. The molecule has 0 aromatic carbocycles. The van der Waals surface area contributed by atoms with Crippen molar-refractivity contribution >= 4 is 11.3 Å². The van der Waals surface area contributed by atoms with E-state index in [1.165, 1.54) is 23.3 Å². The van der Waals surface area contributed by atoms with Crippen LogP contribution in [0, 0.1) is 6.92 Å². The number of rotatable bonds is 2. The van der Waals surface area contributed by atoms with Crippen LogP contribution >= 0.6 is 11.3 Å². The van der Waals surface area contributed by atoms with Crippen molar-refractivity contribution < 1.29 is 0 Å². The van der Waals surface area contributed by atoms with E-state index in [9.17, 15) is 0 Å². The molecule has 1 aliphatic rings. The number of hydrogen-bond acceptors (Lipinski definition) is 2. The Kier molecular flexibility index (Phi) is 1.77. The van der Waals surface area contributed by atoms with Gasteiger partial charge in [0.05, 0.1) is 0 Å². The van der Waals surface area contributed by atoms with Gasteiger partial charge in [-0.15, -0.1) is 11.3 Å². The summed E-state index contributed by atoms with van der Waals surface area (Å²) >= 11 is 1.87. The summed E-state index contributed by atoms with van der Waals surface area (Å²) in [7, 11) is 0. The van der Waals surface area contributed by atoms with Gasteiger partial charge < -0.3 is 5.73 Å². The minimum Gasteiger partial charge on any atom is -0.327 e. The molecule has 1 heterocycles. The molecule has 66 valence electrons. The van der Waals surface area contributed by atoms with Crippen LogP contribution in [-0.2, 0) is 5.41 Å². The second-order valence-corrected chi connectivity index (χ2v) is 4.79. The highest BCUT2D eigenvalue weighted by Crippen LogP contribution is 2.52. The predicted molar refractivity (Wildman–Crippen MR) is 53.6 cm³/mol. The molecule has 0 spiro atoms. The molecule has 1 aromatic rings. The van der Waals surface area contributed by atoms with E-state index in [2.05, 4.69) is 25.3 Å². The van der Waals surface area contributed by atoms with Crippen LogP contribution in [0.5, 0.6) is 0 Å². The molecular weight excluding hydrogens is 166 g/mol. The van der Waals surface area contributed by atoms with Gasteiger partial charge in [0, 0.05) is 16.3 Å². The highest BCUT2D eigenvalue weighted by atomic mass is 32.1. The fraction of sp³-hybridized carbons (Fsp3) is 0.600. The maximum Gasteiger partial charge on any atom is 0.0199 e. The molecule has 1 fully saturated rings. The molecule has 12 heavy (non-hydrogen) atoms. The van der Waals surface area contributed by atoms with E-state index >= 15 is 0 Å². The lowest BCUT2D eigenvalue weighted by molar-refractivity contribution is 0.563. The van der Waals surface area contributed by atoms with Crippen LogP contribution in [0.1, 0.15) is 30.2 Å². The van der Waals surface area contributed by atoms with E-state index < -0.39 is 0 Å². The van der Waals surface area contributed by atoms with Crippen molar-refractivity contribution in [1.82, 2.24) is 0 Å². The SMILES string of the molecule is Cc1ccsc1C1(C(C)N)CC1. The summed E-state index contributed by atoms with van der Waals surface area (Å²) in [6, 6.07) is 2.51. The average Bonchev–Trinajstić information content (AvgIpc) is 2.71. The summed E-state index contributed by atoms with van der Waals surface area (Å²) < 4.78 is 0. The standard InChI is InChI=1S/C10H15NS/c1-7-3-6-12-9(7)10(4-5-10)8(2)11/h3,6,8H,4-5,11H2,1-2H3. The number of thiophene rings is 1. The van der Waals surface area contributed by atoms with Crippen LogP contribution in [0.15, 0.2) is 11.4 Å². The zero-order valence-corrected chi connectivity index (χ0v) is 8.45. The van der Waals surface area contributed by atoms with E-state index in [1.54, 1.807) is 0 Å². The third kappa shape index (κ3) is 1.02. The van der Waals surface area contributed by atoms with Gasteiger partial charge in [0.15, 0.2) is 0 Å². The van der Waals surface area contributed by atoms with Crippen molar-refractivity contribution in [3.8, 4) is 0 Å². The summed E-state index contributed by atoms with van der Waals surface area (Å²) in [5, 5.41) is 2.17. The maximum atomic E-state index is 6.00. The summed E-state index contributed by atoms with van der Waals surface area (Å²) in [5.41, 5.74) is 7.78. The van der Waals surface area contributed by atoms with Gasteiger partial charge >= 0.3 is 0 Å². The Bertz CT molecular complexity index is 284. The first-order valence-corrected chi connectivity index (χ1v) is 5.35. The van der Waals surface area contributed by atoms with Crippen molar-refractivity contribution in [2.75, 3.05) is 0 Å². The van der Waals surface area contributed by atoms with Gasteiger partial charge in [0.1, 0.15) is 0 Å². The third-order valence-electron chi connectivity index (χ3n) is 2.97. The monoisotopic (exact) mass is 181 g/mol. The molecule has 1 atom stereocenters. The van der Waals surface area contributed by atoms with E-state index in [1.807, 2.05) is 11.3 Å². The van der Waals surface area contributed by atoms with Crippen LogP contribution in [-0.4, -0.2) is 6.04 Å². The van der Waals surface area contributed by atoms with Gasteiger partial charge in [0.25, 0.3) is 0 Å². The van der Waals surface area contributed by atoms with Crippen LogP contribution in [0.4, 0.5) is 0 Å². The topological polar surface area (TPSA) is 26.0 Å². The predicted octanol–water partition coefficient (Wildman–Crippen LogP) is 2.44. The maximum absolute atomic E-state index is 6.00. The molecule has 1 saturated carbocycles. The van der Waals surface area contributed by atoms with Gasteiger partial charge in [-0.05, 0) is 43.7 Å². The van der Waals surface area contributed by atoms with Crippen molar-refractivity contribution in [3.63, 3.8) is 0 Å². The Morgan fingerprint density at radius 2 is 2.25 bits per heavy atom. The van der Waals surface area contributed by atoms with Crippen LogP contribution in [0.3, 0.4) is 0 Å². The van der Waals surface area contributed by atoms with E-state index in [4.69, 9.17) is 5.73 Å². The molecule has 1 aliphatic carbocycles. The highest BCUT2D eigenvalue weighted by Gasteiger charge is 2.48. The molecule has 1 nitrogen and oxygen atoms in total. The molecule has 0 saturated heterocycles. The first-order chi connectivity index (χ1) is 5.67. The smallest absolute Gasteiger partial charge is 0.0199 e. The molecule has 2 rings (SSSR count). The fourth-order valence-corrected chi connectivity index (χ4v) is 3.19. The minimum atomic E-state index is 0.315. The summed E-state index contributed by atoms with van der Waals surface area (Å²) in [6.45, 7) is 4.32. The Labute approximate surface area is 77.6 Å². The van der Waals surface area contributed by atoms with Crippen LogP contribution in [0.2, 0.25) is 0 Å². The van der Waals surface area contributed by atoms with Crippen LogP contribution < -0.4 is 5.73 Å². The molecule has 2 heteroatoms. The zero-order valence-electron chi connectivity index (χ0n) is 7.63. The number of hydrogen-bond donors (Lipinski definition) is 1. The van der Waals surface area contributed by atoms with E-state index in [-0.39, 0.29) is 0 Å². The normalized spacial score (nSPS) is 22.2. The quantitative estimate of drug-likeness (QED) is 0.745. The van der Waals surface area contributed by atoms with Gasteiger partial charge in [-0.1, -0.05) is 0 Å².